The number of anilines is 1. The first-order valence-electron chi connectivity index (χ1n) is 8.64. The SMILES string of the molecule is CC1CCN(S(=O)(=O)c2ccc(C(=O)Nc3ccc(Cl)cc3F)cc2)CC1. The minimum atomic E-state index is -3.57. The third-order valence-electron chi connectivity index (χ3n) is 4.68. The smallest absolute Gasteiger partial charge is 0.255 e. The summed E-state index contributed by atoms with van der Waals surface area (Å²) in [6.07, 6.45) is 1.68. The molecule has 0 spiro atoms. The van der Waals surface area contributed by atoms with E-state index in [-0.39, 0.29) is 21.2 Å². The van der Waals surface area contributed by atoms with Crippen LogP contribution >= 0.6 is 11.6 Å². The molecule has 0 bridgehead atoms. The summed E-state index contributed by atoms with van der Waals surface area (Å²) in [6.45, 7) is 3.12. The quantitative estimate of drug-likeness (QED) is 0.823. The summed E-state index contributed by atoms with van der Waals surface area (Å²) < 4.78 is 40.7. The van der Waals surface area contributed by atoms with E-state index in [0.717, 1.165) is 18.9 Å². The molecule has 1 fully saturated rings. The maximum Gasteiger partial charge on any atom is 0.255 e. The van der Waals surface area contributed by atoms with Gasteiger partial charge < -0.3 is 5.32 Å². The largest absolute Gasteiger partial charge is 0.319 e. The van der Waals surface area contributed by atoms with Crippen LogP contribution in [0.1, 0.15) is 30.1 Å². The highest BCUT2D eigenvalue weighted by atomic mass is 35.5. The predicted octanol–water partition coefficient (Wildman–Crippen LogP) is 4.15. The van der Waals surface area contributed by atoms with Crippen LogP contribution in [0.2, 0.25) is 5.02 Å². The van der Waals surface area contributed by atoms with Crippen molar-refractivity contribution in [2.24, 2.45) is 5.92 Å². The van der Waals surface area contributed by atoms with Crippen LogP contribution in [0.5, 0.6) is 0 Å². The fourth-order valence-corrected chi connectivity index (χ4v) is 4.57. The molecule has 0 atom stereocenters. The Morgan fingerprint density at radius 1 is 1.15 bits per heavy atom. The van der Waals surface area contributed by atoms with Crippen molar-refractivity contribution in [3.05, 3.63) is 58.9 Å². The summed E-state index contributed by atoms with van der Waals surface area (Å²) in [5.74, 6) is -0.655. The lowest BCUT2D eigenvalue weighted by Gasteiger charge is -2.29. The number of hydrogen-bond acceptors (Lipinski definition) is 3. The van der Waals surface area contributed by atoms with Gasteiger partial charge >= 0.3 is 0 Å². The molecule has 8 heteroatoms. The first kappa shape index (κ1) is 19.8. The molecule has 144 valence electrons. The van der Waals surface area contributed by atoms with E-state index in [4.69, 9.17) is 11.6 Å². The topological polar surface area (TPSA) is 66.5 Å². The molecule has 1 N–H and O–H groups in total. The van der Waals surface area contributed by atoms with E-state index in [1.54, 1.807) is 0 Å². The number of amides is 1. The first-order chi connectivity index (χ1) is 12.8. The molecule has 1 aliphatic heterocycles. The monoisotopic (exact) mass is 410 g/mol. The Balaban J connectivity index is 1.73. The molecule has 0 radical (unpaired) electrons. The number of rotatable bonds is 4. The van der Waals surface area contributed by atoms with Gasteiger partial charge in [0.05, 0.1) is 10.6 Å². The van der Waals surface area contributed by atoms with Crippen LogP contribution < -0.4 is 5.32 Å². The number of carbonyl (C=O) groups excluding carboxylic acids is 1. The molecule has 27 heavy (non-hydrogen) atoms. The molecular weight excluding hydrogens is 391 g/mol. The highest BCUT2D eigenvalue weighted by Crippen LogP contribution is 2.24. The van der Waals surface area contributed by atoms with Gasteiger partial charge in [0.15, 0.2) is 0 Å². The van der Waals surface area contributed by atoms with E-state index in [0.29, 0.717) is 19.0 Å². The van der Waals surface area contributed by atoms with Crippen LogP contribution in [-0.2, 0) is 10.0 Å². The lowest BCUT2D eigenvalue weighted by atomic mass is 10.0. The van der Waals surface area contributed by atoms with Crippen LogP contribution in [0.15, 0.2) is 47.4 Å². The van der Waals surface area contributed by atoms with E-state index < -0.39 is 21.7 Å². The molecule has 2 aromatic rings. The van der Waals surface area contributed by atoms with Crippen molar-refractivity contribution >= 4 is 33.2 Å². The normalized spacial score (nSPS) is 16.3. The van der Waals surface area contributed by atoms with Gasteiger partial charge in [-0.05, 0) is 61.2 Å². The molecule has 0 aromatic heterocycles. The maximum absolute atomic E-state index is 13.8. The molecule has 1 amide bonds. The summed E-state index contributed by atoms with van der Waals surface area (Å²) in [6, 6.07) is 9.58. The third kappa shape index (κ3) is 4.48. The van der Waals surface area contributed by atoms with Gasteiger partial charge in [0.25, 0.3) is 5.91 Å². The highest BCUT2D eigenvalue weighted by Gasteiger charge is 2.28. The van der Waals surface area contributed by atoms with Gasteiger partial charge in [-0.1, -0.05) is 18.5 Å². The summed E-state index contributed by atoms with van der Waals surface area (Å²) in [4.78, 5) is 12.4. The van der Waals surface area contributed by atoms with Crippen molar-refractivity contribution in [2.75, 3.05) is 18.4 Å². The number of halogens is 2. The Bertz CT molecular complexity index is 940. The summed E-state index contributed by atoms with van der Waals surface area (Å²) >= 11 is 5.69. The second kappa shape index (κ2) is 7.96. The molecule has 0 saturated carbocycles. The highest BCUT2D eigenvalue weighted by molar-refractivity contribution is 7.89. The number of carbonyl (C=O) groups is 1. The number of nitrogens with zero attached hydrogens (tertiary/aromatic N) is 1. The average Bonchev–Trinajstić information content (AvgIpc) is 2.64. The Hall–Kier alpha value is -1.96. The van der Waals surface area contributed by atoms with Crippen molar-refractivity contribution < 1.29 is 17.6 Å². The molecule has 1 saturated heterocycles. The molecular formula is C19H20ClFN2O3S. The zero-order valence-electron chi connectivity index (χ0n) is 14.8. The van der Waals surface area contributed by atoms with Gasteiger partial charge in [0.2, 0.25) is 10.0 Å². The zero-order valence-corrected chi connectivity index (χ0v) is 16.4. The lowest BCUT2D eigenvalue weighted by molar-refractivity contribution is 0.102. The van der Waals surface area contributed by atoms with Crippen molar-refractivity contribution in [3.63, 3.8) is 0 Å². The third-order valence-corrected chi connectivity index (χ3v) is 6.82. The van der Waals surface area contributed by atoms with Crippen molar-refractivity contribution in [1.29, 1.82) is 0 Å². The lowest BCUT2D eigenvalue weighted by Crippen LogP contribution is -2.37. The van der Waals surface area contributed by atoms with E-state index in [9.17, 15) is 17.6 Å². The van der Waals surface area contributed by atoms with Crippen LogP contribution in [0.3, 0.4) is 0 Å². The van der Waals surface area contributed by atoms with Crippen molar-refractivity contribution in [3.8, 4) is 0 Å². The number of benzene rings is 2. The molecule has 3 rings (SSSR count). The Kier molecular flexibility index (Phi) is 5.83. The molecule has 5 nitrogen and oxygen atoms in total. The molecule has 2 aromatic carbocycles. The summed E-state index contributed by atoms with van der Waals surface area (Å²) in [5.41, 5.74) is 0.235. The van der Waals surface area contributed by atoms with E-state index in [2.05, 4.69) is 12.2 Å². The van der Waals surface area contributed by atoms with Gasteiger partial charge in [-0.15, -0.1) is 0 Å². The standard InChI is InChI=1S/C19H20ClFN2O3S/c1-13-8-10-23(11-9-13)27(25,26)16-5-2-14(3-6-16)19(24)22-18-7-4-15(20)12-17(18)21/h2-7,12-13H,8-11H2,1H3,(H,22,24). The summed E-state index contributed by atoms with van der Waals surface area (Å²) in [7, 11) is -3.57. The molecule has 1 heterocycles. The minimum Gasteiger partial charge on any atom is -0.319 e. The van der Waals surface area contributed by atoms with Gasteiger partial charge in [0.1, 0.15) is 5.82 Å². The van der Waals surface area contributed by atoms with Gasteiger partial charge in [-0.2, -0.15) is 4.31 Å². The fourth-order valence-electron chi connectivity index (χ4n) is 2.94. The van der Waals surface area contributed by atoms with E-state index in [1.165, 1.54) is 40.7 Å². The van der Waals surface area contributed by atoms with Crippen LogP contribution in [-0.4, -0.2) is 31.7 Å². The number of nitrogens with one attached hydrogen (secondary N) is 1. The number of piperidine rings is 1. The van der Waals surface area contributed by atoms with Gasteiger partial charge in [-0.3, -0.25) is 4.79 Å². The maximum atomic E-state index is 13.8. The van der Waals surface area contributed by atoms with Crippen LogP contribution in [0.4, 0.5) is 10.1 Å². The van der Waals surface area contributed by atoms with Crippen molar-refractivity contribution in [1.82, 2.24) is 4.31 Å². The molecule has 0 unspecified atom stereocenters. The second-order valence-electron chi connectivity index (χ2n) is 6.69. The first-order valence-corrected chi connectivity index (χ1v) is 10.5. The Morgan fingerprint density at radius 2 is 1.78 bits per heavy atom. The van der Waals surface area contributed by atoms with E-state index >= 15 is 0 Å². The minimum absolute atomic E-state index is 0.00327. The summed E-state index contributed by atoms with van der Waals surface area (Å²) in [5, 5.41) is 2.68. The van der Waals surface area contributed by atoms with Gasteiger partial charge in [-0.25, -0.2) is 12.8 Å². The average molecular weight is 411 g/mol. The van der Waals surface area contributed by atoms with Crippen LogP contribution in [0, 0.1) is 11.7 Å². The number of hydrogen-bond donors (Lipinski definition) is 1. The Morgan fingerprint density at radius 3 is 2.37 bits per heavy atom. The van der Waals surface area contributed by atoms with Crippen LogP contribution in [0.25, 0.3) is 0 Å². The number of sulfonamides is 1. The molecule has 0 aliphatic carbocycles. The van der Waals surface area contributed by atoms with Crippen molar-refractivity contribution in [2.45, 2.75) is 24.7 Å². The zero-order chi connectivity index (χ0) is 19.6. The second-order valence-corrected chi connectivity index (χ2v) is 9.06. The molecule has 1 aliphatic rings. The van der Waals surface area contributed by atoms with E-state index in [1.807, 2.05) is 0 Å². The Labute approximate surface area is 163 Å². The van der Waals surface area contributed by atoms with Gasteiger partial charge in [0, 0.05) is 23.7 Å². The fraction of sp³-hybridized carbons (Fsp3) is 0.316. The predicted molar refractivity (Wildman–Crippen MR) is 103 cm³/mol.